The Morgan fingerprint density at radius 1 is 1.22 bits per heavy atom. The van der Waals surface area contributed by atoms with Crippen LogP contribution in [0.5, 0.6) is 0 Å². The van der Waals surface area contributed by atoms with Crippen molar-refractivity contribution in [3.05, 3.63) is 71.3 Å². The van der Waals surface area contributed by atoms with Crippen molar-refractivity contribution in [2.75, 3.05) is 11.4 Å². The zero-order valence-corrected chi connectivity index (χ0v) is 15.2. The van der Waals surface area contributed by atoms with E-state index in [0.29, 0.717) is 17.7 Å². The van der Waals surface area contributed by atoms with Crippen LogP contribution in [-0.2, 0) is 0 Å². The fourth-order valence-electron chi connectivity index (χ4n) is 3.21. The number of hydrogen-bond donors (Lipinski definition) is 1. The van der Waals surface area contributed by atoms with Gasteiger partial charge in [0.05, 0.1) is 23.2 Å². The van der Waals surface area contributed by atoms with Crippen LogP contribution in [0.3, 0.4) is 0 Å². The van der Waals surface area contributed by atoms with Crippen molar-refractivity contribution in [2.24, 2.45) is 5.10 Å². The highest BCUT2D eigenvalue weighted by Crippen LogP contribution is 2.34. The van der Waals surface area contributed by atoms with Gasteiger partial charge in [0.15, 0.2) is 5.76 Å². The van der Waals surface area contributed by atoms with Crippen LogP contribution in [0.25, 0.3) is 6.08 Å². The zero-order chi connectivity index (χ0) is 17.9. The summed E-state index contributed by atoms with van der Waals surface area (Å²) in [6.07, 6.45) is 6.81. The molecule has 3 heterocycles. The number of para-hydroxylation sites is 1. The normalized spacial score (nSPS) is 16.7. The Morgan fingerprint density at radius 2 is 2.07 bits per heavy atom. The molecule has 2 aromatic rings. The van der Waals surface area contributed by atoms with Gasteiger partial charge in [-0.3, -0.25) is 4.79 Å². The highest BCUT2D eigenvalue weighted by molar-refractivity contribution is 6.07. The van der Waals surface area contributed by atoms with Crippen LogP contribution in [0.4, 0.5) is 5.69 Å². The standard InChI is InChI=1S/C20H16N4O2.ClH/c21-13-15-16(22-23-20(25)19-8-4-12-26-19)6-3-11-24-17-7-2-1-5-14(17)9-10-18(15)24;/h1-2,4-5,7-10,12H,3,6,11H2,(H,23,25);1H/b22-16+;. The smallest absolute Gasteiger partial charge is 0.307 e. The molecule has 1 N–H and O–H groups in total. The summed E-state index contributed by atoms with van der Waals surface area (Å²) in [6.45, 7) is 0.785. The maximum Gasteiger partial charge on any atom is 0.307 e. The summed E-state index contributed by atoms with van der Waals surface area (Å²) in [5.41, 5.74) is 6.57. The lowest BCUT2D eigenvalue weighted by molar-refractivity contribution is 0.0927. The molecule has 0 atom stereocenters. The van der Waals surface area contributed by atoms with Crippen LogP contribution >= 0.6 is 12.4 Å². The molecular formula is C20H17ClN4O2. The van der Waals surface area contributed by atoms with Gasteiger partial charge in [0.2, 0.25) is 0 Å². The number of furan rings is 1. The Bertz CT molecular complexity index is 984. The predicted octanol–water partition coefficient (Wildman–Crippen LogP) is 3.89. The van der Waals surface area contributed by atoms with Gasteiger partial charge in [-0.1, -0.05) is 24.3 Å². The molecule has 136 valence electrons. The minimum Gasteiger partial charge on any atom is -0.459 e. The Hall–Kier alpha value is -3.30. The second kappa shape index (κ2) is 7.94. The summed E-state index contributed by atoms with van der Waals surface area (Å²) in [5.74, 6) is -0.252. The van der Waals surface area contributed by atoms with E-state index >= 15 is 0 Å². The third kappa shape index (κ3) is 3.50. The number of nitrogens with zero attached hydrogens (tertiary/aromatic N) is 3. The molecule has 0 spiro atoms. The molecule has 6 nitrogen and oxygen atoms in total. The second-order valence-corrected chi connectivity index (χ2v) is 6.00. The SMILES string of the molecule is Cl.N#CC1=C2C=Cc3ccccc3N2CCC/C1=N\NC(=O)c1ccco1. The average Bonchev–Trinajstić information content (AvgIpc) is 3.15. The Morgan fingerprint density at radius 3 is 2.85 bits per heavy atom. The second-order valence-electron chi connectivity index (χ2n) is 6.00. The molecule has 7 heteroatoms. The first-order chi connectivity index (χ1) is 12.8. The summed E-state index contributed by atoms with van der Waals surface area (Å²) in [7, 11) is 0. The van der Waals surface area contributed by atoms with E-state index < -0.39 is 5.91 Å². The van der Waals surface area contributed by atoms with Gasteiger partial charge >= 0.3 is 5.91 Å². The number of hydrogen-bond acceptors (Lipinski definition) is 5. The number of halogens is 1. The topological polar surface area (TPSA) is 81.6 Å². The molecule has 0 saturated carbocycles. The molecule has 2 aliphatic heterocycles. The summed E-state index contributed by atoms with van der Waals surface area (Å²) < 4.78 is 5.06. The number of fused-ring (bicyclic) bond motifs is 3. The van der Waals surface area contributed by atoms with Gasteiger partial charge in [-0.25, -0.2) is 5.43 Å². The molecule has 0 radical (unpaired) electrons. The first-order valence-corrected chi connectivity index (χ1v) is 8.38. The molecule has 1 amide bonds. The van der Waals surface area contributed by atoms with Crippen LogP contribution in [0.1, 0.15) is 29.0 Å². The van der Waals surface area contributed by atoms with Crippen molar-refractivity contribution in [3.8, 4) is 6.07 Å². The average molecular weight is 381 g/mol. The monoisotopic (exact) mass is 380 g/mol. The van der Waals surface area contributed by atoms with E-state index in [4.69, 9.17) is 4.42 Å². The molecule has 1 aromatic carbocycles. The Labute approximate surface area is 162 Å². The van der Waals surface area contributed by atoms with Crippen molar-refractivity contribution >= 4 is 35.8 Å². The molecule has 0 saturated heterocycles. The van der Waals surface area contributed by atoms with Gasteiger partial charge in [0.25, 0.3) is 0 Å². The first kappa shape index (κ1) is 18.5. The van der Waals surface area contributed by atoms with Gasteiger partial charge in [-0.15, -0.1) is 12.4 Å². The van der Waals surface area contributed by atoms with Gasteiger partial charge in [-0.05, 0) is 42.7 Å². The number of carbonyl (C=O) groups excluding carboxylic acids is 1. The Kier molecular flexibility index (Phi) is 5.43. The fourth-order valence-corrected chi connectivity index (χ4v) is 3.21. The molecule has 27 heavy (non-hydrogen) atoms. The summed E-state index contributed by atoms with van der Waals surface area (Å²) >= 11 is 0. The highest BCUT2D eigenvalue weighted by atomic mass is 35.5. The van der Waals surface area contributed by atoms with Crippen molar-refractivity contribution in [2.45, 2.75) is 12.8 Å². The van der Waals surface area contributed by atoms with Gasteiger partial charge in [0, 0.05) is 12.2 Å². The first-order valence-electron chi connectivity index (χ1n) is 8.38. The molecule has 2 aliphatic rings. The number of benzene rings is 1. The largest absolute Gasteiger partial charge is 0.459 e. The minimum absolute atomic E-state index is 0. The lowest BCUT2D eigenvalue weighted by Gasteiger charge is -2.29. The summed E-state index contributed by atoms with van der Waals surface area (Å²) in [5, 5.41) is 14.0. The third-order valence-corrected chi connectivity index (χ3v) is 4.43. The number of nitrogens with one attached hydrogen (secondary N) is 1. The number of carbonyl (C=O) groups is 1. The summed E-state index contributed by atoms with van der Waals surface area (Å²) in [6, 6.07) is 13.6. The lowest BCUT2D eigenvalue weighted by Crippen LogP contribution is -2.25. The van der Waals surface area contributed by atoms with Crippen molar-refractivity contribution in [1.82, 2.24) is 5.43 Å². The lowest BCUT2D eigenvalue weighted by atomic mass is 10.0. The van der Waals surface area contributed by atoms with E-state index in [1.54, 1.807) is 12.1 Å². The maximum absolute atomic E-state index is 12.0. The molecular weight excluding hydrogens is 364 g/mol. The number of rotatable bonds is 2. The molecule has 4 rings (SSSR count). The van der Waals surface area contributed by atoms with Crippen LogP contribution in [0.2, 0.25) is 0 Å². The molecule has 0 fully saturated rings. The summed E-state index contributed by atoms with van der Waals surface area (Å²) in [4.78, 5) is 14.2. The predicted molar refractivity (Wildman–Crippen MR) is 106 cm³/mol. The van der Waals surface area contributed by atoms with Gasteiger partial charge in [-0.2, -0.15) is 10.4 Å². The van der Waals surface area contributed by atoms with E-state index in [-0.39, 0.29) is 18.2 Å². The van der Waals surface area contributed by atoms with E-state index in [0.717, 1.165) is 29.9 Å². The van der Waals surface area contributed by atoms with Crippen LogP contribution in [0.15, 0.2) is 69.5 Å². The molecule has 0 aliphatic carbocycles. The van der Waals surface area contributed by atoms with E-state index in [1.165, 1.54) is 6.26 Å². The maximum atomic E-state index is 12.0. The quantitative estimate of drug-likeness (QED) is 0.801. The van der Waals surface area contributed by atoms with E-state index in [1.807, 2.05) is 24.3 Å². The molecule has 0 unspecified atom stereocenters. The minimum atomic E-state index is -0.435. The number of allylic oxidation sites excluding steroid dienone is 2. The Balaban J connectivity index is 0.00000210. The van der Waals surface area contributed by atoms with Gasteiger partial charge < -0.3 is 9.32 Å². The molecule has 1 aromatic heterocycles. The van der Waals surface area contributed by atoms with Crippen LogP contribution < -0.4 is 10.3 Å². The van der Waals surface area contributed by atoms with E-state index in [9.17, 15) is 10.1 Å². The van der Waals surface area contributed by atoms with Crippen molar-refractivity contribution in [3.63, 3.8) is 0 Å². The van der Waals surface area contributed by atoms with Crippen LogP contribution in [-0.4, -0.2) is 18.2 Å². The number of anilines is 1. The number of nitriles is 1. The number of amides is 1. The van der Waals surface area contributed by atoms with Crippen LogP contribution in [0, 0.1) is 11.3 Å². The highest BCUT2D eigenvalue weighted by Gasteiger charge is 2.26. The fraction of sp³-hybridized carbons (Fsp3) is 0.150. The van der Waals surface area contributed by atoms with E-state index in [2.05, 4.69) is 33.6 Å². The third-order valence-electron chi connectivity index (χ3n) is 4.43. The van der Waals surface area contributed by atoms with Gasteiger partial charge in [0.1, 0.15) is 6.07 Å². The number of hydrazone groups is 1. The van der Waals surface area contributed by atoms with Crippen molar-refractivity contribution in [1.29, 1.82) is 5.26 Å². The molecule has 0 bridgehead atoms. The van der Waals surface area contributed by atoms with Crippen molar-refractivity contribution < 1.29 is 9.21 Å². The zero-order valence-electron chi connectivity index (χ0n) is 14.4.